The molecule has 0 heterocycles. The van der Waals surface area contributed by atoms with E-state index in [1.807, 2.05) is 0 Å². The van der Waals surface area contributed by atoms with Gasteiger partial charge < -0.3 is 10.4 Å². The van der Waals surface area contributed by atoms with Gasteiger partial charge in [0.05, 0.1) is 10.8 Å². The minimum Gasteiger partial charge on any atom is -0.480 e. The van der Waals surface area contributed by atoms with Crippen LogP contribution >= 0.6 is 35.0 Å². The molecule has 0 unspecified atom stereocenters. The highest BCUT2D eigenvalue weighted by atomic mass is 35.5. The Bertz CT molecular complexity index is 440. The van der Waals surface area contributed by atoms with Crippen molar-refractivity contribution in [3.05, 3.63) is 28.2 Å². The van der Waals surface area contributed by atoms with Gasteiger partial charge in [-0.05, 0) is 18.2 Å². The Hall–Kier alpha value is -0.910. The molecular weight excluding hydrogens is 285 g/mol. The second-order valence-electron chi connectivity index (χ2n) is 3.03. The smallest absolute Gasteiger partial charge is 0.322 e. The van der Waals surface area contributed by atoms with Crippen LogP contribution in [0.2, 0.25) is 10.0 Å². The van der Waals surface area contributed by atoms with Gasteiger partial charge >= 0.3 is 5.97 Å². The highest BCUT2D eigenvalue weighted by molar-refractivity contribution is 8.00. The van der Waals surface area contributed by atoms with Crippen LogP contribution in [0.15, 0.2) is 23.1 Å². The van der Waals surface area contributed by atoms with Crippen molar-refractivity contribution in [3.63, 3.8) is 0 Å². The molecule has 0 spiro atoms. The number of carboxylic acid groups (broad SMARTS) is 1. The maximum Gasteiger partial charge on any atom is 0.322 e. The molecule has 1 amide bonds. The van der Waals surface area contributed by atoms with Gasteiger partial charge in [0, 0.05) is 9.92 Å². The Morgan fingerprint density at radius 3 is 2.71 bits per heavy atom. The number of nitrogens with one attached hydrogen (secondary N) is 1. The number of carbonyl (C=O) groups is 2. The van der Waals surface area contributed by atoms with E-state index in [4.69, 9.17) is 28.3 Å². The van der Waals surface area contributed by atoms with E-state index < -0.39 is 5.97 Å². The summed E-state index contributed by atoms with van der Waals surface area (Å²) in [5.41, 5.74) is 0. The monoisotopic (exact) mass is 293 g/mol. The molecule has 0 aromatic heterocycles. The van der Waals surface area contributed by atoms with Gasteiger partial charge in [0.15, 0.2) is 0 Å². The first kappa shape index (κ1) is 14.2. The molecular formula is C10H9Cl2NO3S. The predicted octanol–water partition coefficient (Wildman–Crippen LogP) is 2.29. The van der Waals surface area contributed by atoms with Crippen molar-refractivity contribution in [3.8, 4) is 0 Å². The third-order valence-corrected chi connectivity index (χ3v) is 3.42. The third kappa shape index (κ3) is 5.30. The SMILES string of the molecule is O=C(O)CNC(=O)CSc1cc(Cl)ccc1Cl. The van der Waals surface area contributed by atoms with Gasteiger partial charge in [0.25, 0.3) is 0 Å². The largest absolute Gasteiger partial charge is 0.480 e. The highest BCUT2D eigenvalue weighted by Crippen LogP contribution is 2.29. The quantitative estimate of drug-likeness (QED) is 0.818. The van der Waals surface area contributed by atoms with E-state index in [2.05, 4.69) is 5.32 Å². The number of hydrogen-bond acceptors (Lipinski definition) is 3. The molecule has 92 valence electrons. The van der Waals surface area contributed by atoms with Crippen LogP contribution in [0.25, 0.3) is 0 Å². The summed E-state index contributed by atoms with van der Waals surface area (Å²) in [6.45, 7) is -0.386. The van der Waals surface area contributed by atoms with E-state index in [0.29, 0.717) is 14.9 Å². The van der Waals surface area contributed by atoms with Crippen LogP contribution in [0, 0.1) is 0 Å². The summed E-state index contributed by atoms with van der Waals surface area (Å²) in [5, 5.41) is 11.7. The number of hydrogen-bond donors (Lipinski definition) is 2. The topological polar surface area (TPSA) is 66.4 Å². The van der Waals surface area contributed by atoms with Crippen LogP contribution in [-0.2, 0) is 9.59 Å². The van der Waals surface area contributed by atoms with Crippen molar-refractivity contribution < 1.29 is 14.7 Å². The van der Waals surface area contributed by atoms with E-state index in [0.717, 1.165) is 0 Å². The maximum absolute atomic E-state index is 11.2. The minimum atomic E-state index is -1.08. The third-order valence-electron chi connectivity index (χ3n) is 1.69. The molecule has 0 radical (unpaired) electrons. The molecule has 0 atom stereocenters. The van der Waals surface area contributed by atoms with Crippen LogP contribution in [0.5, 0.6) is 0 Å². The number of benzene rings is 1. The summed E-state index contributed by atoms with van der Waals surface area (Å²) in [6.07, 6.45) is 0. The van der Waals surface area contributed by atoms with Gasteiger partial charge in [0.2, 0.25) is 5.91 Å². The van der Waals surface area contributed by atoms with E-state index in [-0.39, 0.29) is 18.2 Å². The zero-order valence-electron chi connectivity index (χ0n) is 8.57. The molecule has 0 saturated heterocycles. The van der Waals surface area contributed by atoms with E-state index in [9.17, 15) is 9.59 Å². The van der Waals surface area contributed by atoms with Crippen molar-refractivity contribution in [2.45, 2.75) is 4.90 Å². The molecule has 1 aromatic rings. The van der Waals surface area contributed by atoms with Gasteiger partial charge in [-0.3, -0.25) is 9.59 Å². The van der Waals surface area contributed by atoms with Crippen molar-refractivity contribution in [1.29, 1.82) is 0 Å². The molecule has 1 aromatic carbocycles. The molecule has 17 heavy (non-hydrogen) atoms. The Balaban J connectivity index is 2.47. The number of amides is 1. The zero-order valence-corrected chi connectivity index (χ0v) is 10.9. The number of thioether (sulfide) groups is 1. The summed E-state index contributed by atoms with van der Waals surface area (Å²) in [6, 6.07) is 4.94. The second-order valence-corrected chi connectivity index (χ2v) is 4.89. The maximum atomic E-state index is 11.2. The summed E-state index contributed by atoms with van der Waals surface area (Å²) in [5.74, 6) is -1.36. The lowest BCUT2D eigenvalue weighted by Gasteiger charge is -2.04. The predicted molar refractivity (Wildman–Crippen MR) is 67.8 cm³/mol. The molecule has 0 aliphatic heterocycles. The Labute approximate surface area is 112 Å². The molecule has 0 aliphatic carbocycles. The number of carbonyl (C=O) groups excluding carboxylic acids is 1. The first-order chi connectivity index (χ1) is 7.99. The Kier molecular flexibility index (Phi) is 5.61. The van der Waals surface area contributed by atoms with Crippen molar-refractivity contribution in [2.75, 3.05) is 12.3 Å². The van der Waals surface area contributed by atoms with E-state index >= 15 is 0 Å². The fourth-order valence-electron chi connectivity index (χ4n) is 0.956. The van der Waals surface area contributed by atoms with Gasteiger partial charge in [-0.25, -0.2) is 0 Å². The Morgan fingerprint density at radius 2 is 2.06 bits per heavy atom. The lowest BCUT2D eigenvalue weighted by molar-refractivity contribution is -0.137. The molecule has 0 aliphatic rings. The number of carboxylic acids is 1. The fourth-order valence-corrected chi connectivity index (χ4v) is 2.28. The lowest BCUT2D eigenvalue weighted by Crippen LogP contribution is -2.30. The highest BCUT2D eigenvalue weighted by Gasteiger charge is 2.07. The van der Waals surface area contributed by atoms with Gasteiger partial charge in [-0.1, -0.05) is 23.2 Å². The molecule has 7 heteroatoms. The van der Waals surface area contributed by atoms with Crippen LogP contribution in [0.4, 0.5) is 0 Å². The molecule has 2 N–H and O–H groups in total. The number of rotatable bonds is 5. The summed E-state index contributed by atoms with van der Waals surface area (Å²) in [4.78, 5) is 22.1. The first-order valence-electron chi connectivity index (χ1n) is 4.55. The number of halogens is 2. The summed E-state index contributed by atoms with van der Waals surface area (Å²) in [7, 11) is 0. The first-order valence-corrected chi connectivity index (χ1v) is 6.29. The van der Waals surface area contributed by atoms with Crippen molar-refractivity contribution in [2.24, 2.45) is 0 Å². The standard InChI is InChI=1S/C10H9Cl2NO3S/c11-6-1-2-7(12)8(3-6)17-5-9(14)13-4-10(15)16/h1-3H,4-5H2,(H,13,14)(H,15,16). The zero-order chi connectivity index (χ0) is 12.8. The summed E-state index contributed by atoms with van der Waals surface area (Å²) < 4.78 is 0. The average molecular weight is 294 g/mol. The van der Waals surface area contributed by atoms with Gasteiger partial charge in [-0.2, -0.15) is 0 Å². The van der Waals surface area contributed by atoms with Gasteiger partial charge in [0.1, 0.15) is 6.54 Å². The molecule has 0 fully saturated rings. The molecule has 4 nitrogen and oxygen atoms in total. The van der Waals surface area contributed by atoms with Crippen LogP contribution in [0.3, 0.4) is 0 Å². The van der Waals surface area contributed by atoms with Crippen LogP contribution in [0.1, 0.15) is 0 Å². The van der Waals surface area contributed by atoms with E-state index in [1.54, 1.807) is 18.2 Å². The van der Waals surface area contributed by atoms with Crippen LogP contribution in [-0.4, -0.2) is 29.3 Å². The van der Waals surface area contributed by atoms with Crippen molar-refractivity contribution >= 4 is 46.8 Å². The van der Waals surface area contributed by atoms with Gasteiger partial charge in [-0.15, -0.1) is 11.8 Å². The Morgan fingerprint density at radius 1 is 1.35 bits per heavy atom. The number of aliphatic carboxylic acids is 1. The molecule has 0 saturated carbocycles. The minimum absolute atomic E-state index is 0.0906. The van der Waals surface area contributed by atoms with Crippen molar-refractivity contribution in [1.82, 2.24) is 5.32 Å². The van der Waals surface area contributed by atoms with E-state index in [1.165, 1.54) is 11.8 Å². The lowest BCUT2D eigenvalue weighted by atomic mass is 10.4. The fraction of sp³-hybridized carbons (Fsp3) is 0.200. The molecule has 0 bridgehead atoms. The molecule has 1 rings (SSSR count). The second kappa shape index (κ2) is 6.74. The normalized spacial score (nSPS) is 10.0. The summed E-state index contributed by atoms with van der Waals surface area (Å²) >= 11 is 12.9. The van der Waals surface area contributed by atoms with Crippen LogP contribution < -0.4 is 5.32 Å². The average Bonchev–Trinajstić information content (AvgIpc) is 2.27.